The molecular weight excluding hydrogens is 474 g/mol. The van der Waals surface area contributed by atoms with Gasteiger partial charge < -0.3 is 15.6 Å². The van der Waals surface area contributed by atoms with Crippen molar-refractivity contribution in [2.75, 3.05) is 11.9 Å². The first-order valence-corrected chi connectivity index (χ1v) is 12.2. The van der Waals surface area contributed by atoms with Gasteiger partial charge in [-0.15, -0.1) is 0 Å². The van der Waals surface area contributed by atoms with Gasteiger partial charge in [0.25, 0.3) is 0 Å². The van der Waals surface area contributed by atoms with Crippen molar-refractivity contribution >= 4 is 40.3 Å². The number of aromatic nitrogens is 4. The van der Waals surface area contributed by atoms with Crippen LogP contribution in [0.5, 0.6) is 0 Å². The fraction of sp³-hybridized carbons (Fsp3) is 0.320. The number of benzene rings is 2. The van der Waals surface area contributed by atoms with Crippen LogP contribution in [0.2, 0.25) is 10.0 Å². The predicted molar refractivity (Wildman–Crippen MR) is 135 cm³/mol. The van der Waals surface area contributed by atoms with E-state index in [1.54, 1.807) is 24.4 Å². The van der Waals surface area contributed by atoms with Crippen molar-refractivity contribution in [1.82, 2.24) is 19.5 Å². The third kappa shape index (κ3) is 4.48. The molecule has 0 radical (unpaired) electrons. The summed E-state index contributed by atoms with van der Waals surface area (Å²) in [5, 5.41) is 4.21. The molecule has 0 unspecified atom stereocenters. The molecule has 1 aliphatic rings. The minimum Gasteiger partial charge on any atom is -0.350 e. The molecule has 0 atom stereocenters. The molecule has 4 aromatic rings. The van der Waals surface area contributed by atoms with Crippen molar-refractivity contribution in [1.29, 1.82) is 0 Å². The second-order valence-electron chi connectivity index (χ2n) is 8.66. The SMILES string of the molecule is NCC1CCC(n2c(-c3c(Cl)cccc3Cl)nc3cnc(NCc4ccccc4F)nc32)CC1. The van der Waals surface area contributed by atoms with Gasteiger partial charge in [-0.05, 0) is 56.3 Å². The smallest absolute Gasteiger partial charge is 0.225 e. The molecular formula is C25H25Cl2FN6. The van der Waals surface area contributed by atoms with Crippen molar-refractivity contribution in [2.45, 2.75) is 38.3 Å². The molecule has 0 bridgehead atoms. The second kappa shape index (κ2) is 9.86. The van der Waals surface area contributed by atoms with Gasteiger partial charge in [-0.3, -0.25) is 0 Å². The molecule has 9 heteroatoms. The average molecular weight is 499 g/mol. The van der Waals surface area contributed by atoms with E-state index in [4.69, 9.17) is 38.9 Å². The Hall–Kier alpha value is -2.74. The zero-order valence-corrected chi connectivity index (χ0v) is 20.0. The van der Waals surface area contributed by atoms with Gasteiger partial charge in [0.15, 0.2) is 5.65 Å². The first-order chi connectivity index (χ1) is 16.5. The van der Waals surface area contributed by atoms with Gasteiger partial charge in [0, 0.05) is 18.2 Å². The summed E-state index contributed by atoms with van der Waals surface area (Å²) in [5.74, 6) is 1.35. The molecule has 0 aliphatic heterocycles. The Morgan fingerprint density at radius 3 is 2.44 bits per heavy atom. The van der Waals surface area contributed by atoms with Gasteiger partial charge in [0.05, 0.1) is 21.8 Å². The van der Waals surface area contributed by atoms with Crippen LogP contribution in [0.1, 0.15) is 37.3 Å². The molecule has 2 heterocycles. The zero-order valence-electron chi connectivity index (χ0n) is 18.5. The van der Waals surface area contributed by atoms with Gasteiger partial charge in [0.2, 0.25) is 5.95 Å². The summed E-state index contributed by atoms with van der Waals surface area (Å²) in [6.07, 6.45) is 5.69. The van der Waals surface area contributed by atoms with Gasteiger partial charge in [-0.1, -0.05) is 47.5 Å². The van der Waals surface area contributed by atoms with Crippen LogP contribution in [0.4, 0.5) is 10.3 Å². The van der Waals surface area contributed by atoms with Crippen molar-refractivity contribution in [3.05, 3.63) is 70.1 Å². The molecule has 1 aliphatic carbocycles. The molecule has 0 saturated heterocycles. The summed E-state index contributed by atoms with van der Waals surface area (Å²) in [5.41, 5.74) is 8.51. The predicted octanol–water partition coefficient (Wildman–Crippen LogP) is 6.24. The summed E-state index contributed by atoms with van der Waals surface area (Å²) in [7, 11) is 0. The minimum atomic E-state index is -0.270. The fourth-order valence-electron chi connectivity index (χ4n) is 4.66. The number of hydrogen-bond donors (Lipinski definition) is 2. The Kier molecular flexibility index (Phi) is 6.68. The number of nitrogens with one attached hydrogen (secondary N) is 1. The number of rotatable bonds is 6. The van der Waals surface area contributed by atoms with Crippen LogP contribution < -0.4 is 11.1 Å². The summed E-state index contributed by atoms with van der Waals surface area (Å²) in [6.45, 7) is 0.976. The highest BCUT2D eigenvalue weighted by Crippen LogP contribution is 2.41. The van der Waals surface area contributed by atoms with Crippen molar-refractivity contribution in [3.8, 4) is 11.4 Å². The van der Waals surface area contributed by atoms with E-state index in [1.165, 1.54) is 6.07 Å². The molecule has 176 valence electrons. The summed E-state index contributed by atoms with van der Waals surface area (Å²) >= 11 is 13.1. The highest BCUT2D eigenvalue weighted by molar-refractivity contribution is 6.39. The lowest BCUT2D eigenvalue weighted by Gasteiger charge is -2.30. The lowest BCUT2D eigenvalue weighted by atomic mass is 9.86. The monoisotopic (exact) mass is 498 g/mol. The molecule has 0 spiro atoms. The molecule has 2 aromatic heterocycles. The van der Waals surface area contributed by atoms with Crippen molar-refractivity contribution in [2.24, 2.45) is 11.7 Å². The Balaban J connectivity index is 1.57. The van der Waals surface area contributed by atoms with Crippen LogP contribution in [0.3, 0.4) is 0 Å². The fourth-order valence-corrected chi connectivity index (χ4v) is 5.23. The number of nitrogens with zero attached hydrogens (tertiary/aromatic N) is 4. The summed E-state index contributed by atoms with van der Waals surface area (Å²) in [6, 6.07) is 12.3. The van der Waals surface area contributed by atoms with Gasteiger partial charge in [0.1, 0.15) is 17.2 Å². The van der Waals surface area contributed by atoms with Crippen LogP contribution in [-0.2, 0) is 6.54 Å². The Bertz CT molecular complexity index is 1300. The van der Waals surface area contributed by atoms with E-state index >= 15 is 0 Å². The number of nitrogens with two attached hydrogens (primary N) is 1. The standard InChI is InChI=1S/C25H25Cl2FN6/c26-18-5-3-6-19(27)22(18)24-32-21-14-31-25(30-13-16-4-1-2-7-20(16)28)33-23(21)34(24)17-10-8-15(12-29)9-11-17/h1-7,14-15,17H,8-13,29H2,(H,30,31,33). The van der Waals surface area contributed by atoms with Crippen molar-refractivity contribution < 1.29 is 4.39 Å². The Labute approximate surface area is 207 Å². The van der Waals surface area contributed by atoms with Gasteiger partial charge >= 0.3 is 0 Å². The van der Waals surface area contributed by atoms with E-state index in [0.29, 0.717) is 56.6 Å². The van der Waals surface area contributed by atoms with Crippen LogP contribution in [-0.4, -0.2) is 26.1 Å². The van der Waals surface area contributed by atoms with Gasteiger partial charge in [-0.25, -0.2) is 14.4 Å². The maximum atomic E-state index is 14.1. The maximum absolute atomic E-state index is 14.1. The number of fused-ring (bicyclic) bond motifs is 1. The zero-order chi connectivity index (χ0) is 23.7. The highest BCUT2D eigenvalue weighted by atomic mass is 35.5. The molecule has 1 saturated carbocycles. The van der Waals surface area contributed by atoms with Crippen LogP contribution >= 0.6 is 23.2 Å². The normalized spacial score (nSPS) is 18.4. The Morgan fingerprint density at radius 2 is 1.74 bits per heavy atom. The molecule has 2 aromatic carbocycles. The third-order valence-corrected chi connectivity index (χ3v) is 7.16. The topological polar surface area (TPSA) is 81.7 Å². The lowest BCUT2D eigenvalue weighted by molar-refractivity contribution is 0.284. The van der Waals surface area contributed by atoms with E-state index in [0.717, 1.165) is 25.7 Å². The molecule has 34 heavy (non-hydrogen) atoms. The number of hydrogen-bond acceptors (Lipinski definition) is 5. The average Bonchev–Trinajstić information content (AvgIpc) is 3.21. The quantitative estimate of drug-likeness (QED) is 0.328. The summed E-state index contributed by atoms with van der Waals surface area (Å²) in [4.78, 5) is 14.0. The first kappa shape index (κ1) is 23.0. The first-order valence-electron chi connectivity index (χ1n) is 11.4. The number of imidazole rings is 1. The Morgan fingerprint density at radius 1 is 1.00 bits per heavy atom. The molecule has 1 fully saturated rings. The second-order valence-corrected chi connectivity index (χ2v) is 9.47. The highest BCUT2D eigenvalue weighted by Gasteiger charge is 2.28. The minimum absolute atomic E-state index is 0.185. The molecule has 3 N–H and O–H groups in total. The van der Waals surface area contributed by atoms with E-state index < -0.39 is 0 Å². The lowest BCUT2D eigenvalue weighted by Crippen LogP contribution is -2.24. The summed E-state index contributed by atoms with van der Waals surface area (Å²) < 4.78 is 16.2. The molecule has 5 rings (SSSR count). The van der Waals surface area contributed by atoms with Crippen LogP contribution in [0.25, 0.3) is 22.6 Å². The third-order valence-electron chi connectivity index (χ3n) is 6.53. The van der Waals surface area contributed by atoms with E-state index in [2.05, 4.69) is 14.9 Å². The van der Waals surface area contributed by atoms with Gasteiger partial charge in [-0.2, -0.15) is 4.98 Å². The van der Waals surface area contributed by atoms with Crippen LogP contribution in [0.15, 0.2) is 48.7 Å². The van der Waals surface area contributed by atoms with E-state index in [9.17, 15) is 4.39 Å². The largest absolute Gasteiger partial charge is 0.350 e. The van der Waals surface area contributed by atoms with E-state index in [1.807, 2.05) is 18.2 Å². The van der Waals surface area contributed by atoms with Crippen molar-refractivity contribution in [3.63, 3.8) is 0 Å². The number of anilines is 1. The van der Waals surface area contributed by atoms with Crippen LogP contribution in [0, 0.1) is 11.7 Å². The molecule has 0 amide bonds. The molecule has 6 nitrogen and oxygen atoms in total. The van der Waals surface area contributed by atoms with E-state index in [-0.39, 0.29) is 18.4 Å². The number of halogens is 3. The maximum Gasteiger partial charge on any atom is 0.225 e.